The molecule has 2 rings (SSSR count). The number of nitrogens with one attached hydrogen (secondary N) is 1. The number of aliphatic hydroxyl groups is 1. The summed E-state index contributed by atoms with van der Waals surface area (Å²) in [5, 5.41) is 11.8. The summed E-state index contributed by atoms with van der Waals surface area (Å²) in [6, 6.07) is 5.77. The van der Waals surface area contributed by atoms with Gasteiger partial charge < -0.3 is 15.3 Å². The molecular formula is C15H21FN2O2. The third-order valence-corrected chi connectivity index (χ3v) is 3.75. The van der Waals surface area contributed by atoms with Gasteiger partial charge in [-0.15, -0.1) is 0 Å². The number of hydrogen-bond acceptors (Lipinski definition) is 3. The number of amides is 1. The second-order valence-electron chi connectivity index (χ2n) is 5.27. The van der Waals surface area contributed by atoms with E-state index in [4.69, 9.17) is 5.11 Å². The number of piperidine rings is 1. The zero-order valence-corrected chi connectivity index (χ0v) is 11.5. The van der Waals surface area contributed by atoms with Crippen LogP contribution in [-0.2, 0) is 4.79 Å². The fraction of sp³-hybridized carbons (Fsp3) is 0.533. The summed E-state index contributed by atoms with van der Waals surface area (Å²) in [5.74, 6) is 0.0509. The molecule has 1 fully saturated rings. The molecule has 1 aromatic carbocycles. The molecule has 20 heavy (non-hydrogen) atoms. The van der Waals surface area contributed by atoms with Crippen LogP contribution in [0.2, 0.25) is 0 Å². The van der Waals surface area contributed by atoms with Crippen molar-refractivity contribution >= 4 is 11.6 Å². The molecule has 1 aromatic rings. The SMILES string of the molecule is O=C(CCN1CCC(CO)CC1)Nc1ccc(F)cc1. The first-order chi connectivity index (χ1) is 9.67. The number of benzene rings is 1. The molecule has 4 nitrogen and oxygen atoms in total. The molecule has 110 valence electrons. The Morgan fingerprint density at radius 2 is 1.95 bits per heavy atom. The van der Waals surface area contributed by atoms with Gasteiger partial charge in [-0.25, -0.2) is 4.39 Å². The number of carbonyl (C=O) groups excluding carboxylic acids is 1. The highest BCUT2D eigenvalue weighted by Crippen LogP contribution is 2.16. The van der Waals surface area contributed by atoms with Crippen LogP contribution in [0.1, 0.15) is 19.3 Å². The summed E-state index contributed by atoms with van der Waals surface area (Å²) in [6.45, 7) is 2.87. The van der Waals surface area contributed by atoms with Gasteiger partial charge in [-0.1, -0.05) is 0 Å². The molecule has 5 heteroatoms. The Hall–Kier alpha value is -1.46. The molecule has 0 spiro atoms. The monoisotopic (exact) mass is 280 g/mol. The van der Waals surface area contributed by atoms with Gasteiger partial charge in [0.05, 0.1) is 0 Å². The highest BCUT2D eigenvalue weighted by Gasteiger charge is 2.18. The molecule has 0 atom stereocenters. The van der Waals surface area contributed by atoms with Crippen molar-refractivity contribution in [2.75, 3.05) is 31.6 Å². The summed E-state index contributed by atoms with van der Waals surface area (Å²) in [6.07, 6.45) is 2.42. The molecule has 0 unspecified atom stereocenters. The lowest BCUT2D eigenvalue weighted by Crippen LogP contribution is -2.36. The number of aliphatic hydroxyl groups excluding tert-OH is 1. The van der Waals surface area contributed by atoms with E-state index in [0.717, 1.165) is 32.5 Å². The fourth-order valence-electron chi connectivity index (χ4n) is 2.41. The van der Waals surface area contributed by atoms with Crippen molar-refractivity contribution in [1.82, 2.24) is 4.90 Å². The van der Waals surface area contributed by atoms with Gasteiger partial charge in [0.2, 0.25) is 5.91 Å². The number of likely N-dealkylation sites (tertiary alicyclic amines) is 1. The van der Waals surface area contributed by atoms with Crippen LogP contribution in [0.5, 0.6) is 0 Å². The zero-order chi connectivity index (χ0) is 14.4. The number of rotatable bonds is 5. The van der Waals surface area contributed by atoms with Crippen LogP contribution in [0, 0.1) is 11.7 Å². The van der Waals surface area contributed by atoms with Crippen molar-refractivity contribution in [2.24, 2.45) is 5.92 Å². The van der Waals surface area contributed by atoms with Crippen LogP contribution >= 0.6 is 0 Å². The lowest BCUT2D eigenvalue weighted by molar-refractivity contribution is -0.116. The number of hydrogen-bond donors (Lipinski definition) is 2. The van der Waals surface area contributed by atoms with E-state index in [2.05, 4.69) is 10.2 Å². The quantitative estimate of drug-likeness (QED) is 0.865. The highest BCUT2D eigenvalue weighted by atomic mass is 19.1. The zero-order valence-electron chi connectivity index (χ0n) is 11.5. The van der Waals surface area contributed by atoms with Crippen LogP contribution in [0.25, 0.3) is 0 Å². The van der Waals surface area contributed by atoms with E-state index in [1.807, 2.05) is 0 Å². The Bertz CT molecular complexity index is 428. The molecule has 1 aliphatic rings. The average Bonchev–Trinajstić information content (AvgIpc) is 2.48. The third kappa shape index (κ3) is 4.58. The Kier molecular flexibility index (Phi) is 5.49. The average molecular weight is 280 g/mol. The minimum Gasteiger partial charge on any atom is -0.396 e. The van der Waals surface area contributed by atoms with Gasteiger partial charge in [0, 0.05) is 25.3 Å². The number of nitrogens with zero attached hydrogens (tertiary/aromatic N) is 1. The molecule has 0 aliphatic carbocycles. The van der Waals surface area contributed by atoms with Crippen molar-refractivity contribution < 1.29 is 14.3 Å². The van der Waals surface area contributed by atoms with Gasteiger partial charge >= 0.3 is 0 Å². The van der Waals surface area contributed by atoms with E-state index in [-0.39, 0.29) is 18.3 Å². The van der Waals surface area contributed by atoms with Crippen LogP contribution in [0.15, 0.2) is 24.3 Å². The summed E-state index contributed by atoms with van der Waals surface area (Å²) in [7, 11) is 0. The van der Waals surface area contributed by atoms with Crippen LogP contribution in [-0.4, -0.2) is 42.2 Å². The Morgan fingerprint density at radius 3 is 2.55 bits per heavy atom. The standard InChI is InChI=1S/C15H21FN2O2/c16-13-1-3-14(4-2-13)17-15(20)7-10-18-8-5-12(11-19)6-9-18/h1-4,12,19H,5-11H2,(H,17,20). The molecule has 1 aliphatic heterocycles. The van der Waals surface area contributed by atoms with Crippen molar-refractivity contribution in [3.05, 3.63) is 30.1 Å². The van der Waals surface area contributed by atoms with Crippen molar-refractivity contribution in [3.8, 4) is 0 Å². The predicted octanol–water partition coefficient (Wildman–Crippen LogP) is 1.86. The molecule has 0 saturated carbocycles. The number of carbonyl (C=O) groups is 1. The molecule has 1 heterocycles. The summed E-state index contributed by atoms with van der Waals surface area (Å²) in [5.41, 5.74) is 0.621. The van der Waals surface area contributed by atoms with Crippen LogP contribution < -0.4 is 5.32 Å². The lowest BCUT2D eigenvalue weighted by Gasteiger charge is -2.30. The van der Waals surface area contributed by atoms with Gasteiger partial charge in [-0.05, 0) is 56.1 Å². The van der Waals surface area contributed by atoms with Crippen molar-refractivity contribution in [2.45, 2.75) is 19.3 Å². The van der Waals surface area contributed by atoms with Gasteiger partial charge in [0.25, 0.3) is 0 Å². The maximum Gasteiger partial charge on any atom is 0.225 e. The van der Waals surface area contributed by atoms with Crippen LogP contribution in [0.4, 0.5) is 10.1 Å². The Morgan fingerprint density at radius 1 is 1.30 bits per heavy atom. The summed E-state index contributed by atoms with van der Waals surface area (Å²) in [4.78, 5) is 14.0. The lowest BCUT2D eigenvalue weighted by atomic mass is 9.98. The molecule has 0 radical (unpaired) electrons. The van der Waals surface area contributed by atoms with Crippen molar-refractivity contribution in [3.63, 3.8) is 0 Å². The first-order valence-electron chi connectivity index (χ1n) is 7.06. The smallest absolute Gasteiger partial charge is 0.225 e. The number of halogens is 1. The first-order valence-corrected chi connectivity index (χ1v) is 7.06. The maximum atomic E-state index is 12.7. The third-order valence-electron chi connectivity index (χ3n) is 3.75. The first kappa shape index (κ1) is 14.9. The topological polar surface area (TPSA) is 52.6 Å². The van der Waals surface area contributed by atoms with Gasteiger partial charge in [0.1, 0.15) is 5.82 Å². The molecule has 2 N–H and O–H groups in total. The minimum absolute atomic E-state index is 0.0547. The van der Waals surface area contributed by atoms with Gasteiger partial charge in [-0.3, -0.25) is 4.79 Å². The molecule has 1 amide bonds. The highest BCUT2D eigenvalue weighted by molar-refractivity contribution is 5.90. The van der Waals surface area contributed by atoms with Crippen molar-refractivity contribution in [1.29, 1.82) is 0 Å². The molecule has 0 aromatic heterocycles. The molecular weight excluding hydrogens is 259 g/mol. The Labute approximate surface area is 118 Å². The number of anilines is 1. The summed E-state index contributed by atoms with van der Waals surface area (Å²) >= 11 is 0. The van der Waals surface area contributed by atoms with E-state index in [0.29, 0.717) is 18.0 Å². The maximum absolute atomic E-state index is 12.7. The largest absolute Gasteiger partial charge is 0.396 e. The minimum atomic E-state index is -0.310. The van der Waals surface area contributed by atoms with E-state index in [1.54, 1.807) is 12.1 Å². The predicted molar refractivity (Wildman–Crippen MR) is 75.9 cm³/mol. The normalized spacial score (nSPS) is 17.1. The molecule has 1 saturated heterocycles. The van der Waals surface area contributed by atoms with Gasteiger partial charge in [0.15, 0.2) is 0 Å². The van der Waals surface area contributed by atoms with Gasteiger partial charge in [-0.2, -0.15) is 0 Å². The second kappa shape index (κ2) is 7.36. The summed E-state index contributed by atoms with van der Waals surface area (Å²) < 4.78 is 12.7. The fourth-order valence-corrected chi connectivity index (χ4v) is 2.41. The van der Waals surface area contributed by atoms with E-state index < -0.39 is 0 Å². The second-order valence-corrected chi connectivity index (χ2v) is 5.27. The van der Waals surface area contributed by atoms with E-state index in [9.17, 15) is 9.18 Å². The Balaban J connectivity index is 1.69. The molecule has 0 bridgehead atoms. The van der Waals surface area contributed by atoms with Crippen LogP contribution in [0.3, 0.4) is 0 Å². The van der Waals surface area contributed by atoms with E-state index in [1.165, 1.54) is 12.1 Å². The van der Waals surface area contributed by atoms with E-state index >= 15 is 0 Å².